The Morgan fingerprint density at radius 3 is 2.67 bits per heavy atom. The van der Waals surface area contributed by atoms with E-state index in [1.165, 1.54) is 0 Å². The molecule has 0 bridgehead atoms. The molecule has 0 saturated carbocycles. The first-order valence-electron chi connectivity index (χ1n) is 7.59. The number of aromatic nitrogens is 2. The van der Waals surface area contributed by atoms with Crippen LogP contribution in [0.25, 0.3) is 11.3 Å². The number of hydrogen-bond donors (Lipinski definition) is 2. The summed E-state index contributed by atoms with van der Waals surface area (Å²) >= 11 is 3.46. The van der Waals surface area contributed by atoms with Crippen LogP contribution in [0, 0.1) is 12.8 Å². The number of carboxylic acids is 1. The van der Waals surface area contributed by atoms with Gasteiger partial charge >= 0.3 is 5.97 Å². The highest BCUT2D eigenvalue weighted by Gasteiger charge is 2.19. The predicted molar refractivity (Wildman–Crippen MR) is 96.2 cm³/mol. The van der Waals surface area contributed by atoms with Gasteiger partial charge in [-0.2, -0.15) is 0 Å². The summed E-state index contributed by atoms with van der Waals surface area (Å²) in [7, 11) is 0. The molecule has 1 aromatic heterocycles. The van der Waals surface area contributed by atoms with Gasteiger partial charge in [0.15, 0.2) is 0 Å². The number of benzene rings is 1. The topological polar surface area (TPSA) is 98.3 Å². The average Bonchev–Trinajstić information content (AvgIpc) is 2.47. The van der Waals surface area contributed by atoms with Crippen molar-refractivity contribution >= 4 is 27.8 Å². The van der Waals surface area contributed by atoms with E-state index in [2.05, 4.69) is 39.7 Å². The van der Waals surface area contributed by atoms with Crippen LogP contribution in [-0.4, -0.2) is 27.7 Å². The Kier molecular flexibility index (Phi) is 5.77. The summed E-state index contributed by atoms with van der Waals surface area (Å²) in [6, 6.07) is 5.33. The molecule has 6 nitrogen and oxygen atoms in total. The summed E-state index contributed by atoms with van der Waals surface area (Å²) in [6.45, 7) is 6.49. The van der Waals surface area contributed by atoms with Crippen molar-refractivity contribution in [2.45, 2.75) is 27.2 Å². The Hall–Kier alpha value is -2.15. The monoisotopic (exact) mass is 393 g/mol. The van der Waals surface area contributed by atoms with Crippen LogP contribution in [0.4, 0.5) is 5.95 Å². The number of nitrogens with two attached hydrogens (primary N) is 1. The minimum Gasteiger partial charge on any atom is -0.492 e. The number of rotatable bonds is 6. The zero-order valence-corrected chi connectivity index (χ0v) is 15.4. The van der Waals surface area contributed by atoms with E-state index in [9.17, 15) is 9.90 Å². The van der Waals surface area contributed by atoms with Gasteiger partial charge in [0.05, 0.1) is 22.5 Å². The van der Waals surface area contributed by atoms with Gasteiger partial charge in [-0.05, 0) is 53.4 Å². The van der Waals surface area contributed by atoms with Crippen LogP contribution in [0.3, 0.4) is 0 Å². The summed E-state index contributed by atoms with van der Waals surface area (Å²) in [4.78, 5) is 19.6. The Bertz CT molecular complexity index is 763. The van der Waals surface area contributed by atoms with Crippen molar-refractivity contribution in [3.05, 3.63) is 33.9 Å². The SMILES string of the molecule is Cc1nc(N)nc(-c2ccc(OCCC(C)C)c(Br)c2)c1C(=O)O. The third-order valence-corrected chi connectivity index (χ3v) is 4.10. The number of nitrogens with zero attached hydrogens (tertiary/aromatic N) is 2. The van der Waals surface area contributed by atoms with Gasteiger partial charge in [-0.15, -0.1) is 0 Å². The lowest BCUT2D eigenvalue weighted by Gasteiger charge is -2.12. The van der Waals surface area contributed by atoms with Crippen LogP contribution in [0.5, 0.6) is 5.75 Å². The molecule has 7 heteroatoms. The molecule has 0 fully saturated rings. The number of anilines is 1. The van der Waals surface area contributed by atoms with E-state index in [4.69, 9.17) is 10.5 Å². The van der Waals surface area contributed by atoms with Crippen molar-refractivity contribution in [3.63, 3.8) is 0 Å². The third kappa shape index (κ3) is 4.23. The van der Waals surface area contributed by atoms with Gasteiger partial charge in [0.25, 0.3) is 0 Å². The molecule has 0 unspecified atom stereocenters. The first-order chi connectivity index (χ1) is 11.3. The number of halogens is 1. The van der Waals surface area contributed by atoms with Crippen LogP contribution in [-0.2, 0) is 0 Å². The van der Waals surface area contributed by atoms with Crippen LogP contribution in [0.15, 0.2) is 22.7 Å². The number of hydrogen-bond acceptors (Lipinski definition) is 5. The largest absolute Gasteiger partial charge is 0.492 e. The van der Waals surface area contributed by atoms with Crippen LogP contribution >= 0.6 is 15.9 Å². The molecule has 128 valence electrons. The zero-order valence-electron chi connectivity index (χ0n) is 13.8. The fourth-order valence-electron chi connectivity index (χ4n) is 2.23. The molecule has 1 aromatic carbocycles. The second-order valence-electron chi connectivity index (χ2n) is 5.87. The molecule has 24 heavy (non-hydrogen) atoms. The molecule has 0 amide bonds. The normalized spacial score (nSPS) is 10.9. The van der Waals surface area contributed by atoms with Gasteiger partial charge < -0.3 is 15.6 Å². The maximum atomic E-state index is 11.5. The van der Waals surface area contributed by atoms with Crippen molar-refractivity contribution in [3.8, 4) is 17.0 Å². The molecule has 0 aliphatic carbocycles. The fraction of sp³-hybridized carbons (Fsp3) is 0.353. The van der Waals surface area contributed by atoms with E-state index < -0.39 is 5.97 Å². The molecule has 0 spiro atoms. The zero-order chi connectivity index (χ0) is 17.9. The molecular weight excluding hydrogens is 374 g/mol. The van der Waals surface area contributed by atoms with E-state index in [1.54, 1.807) is 25.1 Å². The van der Waals surface area contributed by atoms with Gasteiger partial charge in [0, 0.05) is 5.56 Å². The first kappa shape index (κ1) is 18.2. The lowest BCUT2D eigenvalue weighted by Crippen LogP contribution is -2.09. The Morgan fingerprint density at radius 2 is 2.08 bits per heavy atom. The highest BCUT2D eigenvalue weighted by Crippen LogP contribution is 2.32. The lowest BCUT2D eigenvalue weighted by molar-refractivity contribution is 0.0696. The Labute approximate surface area is 149 Å². The molecule has 2 rings (SSSR count). The molecule has 0 aliphatic heterocycles. The first-order valence-corrected chi connectivity index (χ1v) is 8.39. The summed E-state index contributed by atoms with van der Waals surface area (Å²) < 4.78 is 6.47. The molecule has 0 radical (unpaired) electrons. The summed E-state index contributed by atoms with van der Waals surface area (Å²) in [5.41, 5.74) is 6.98. The summed E-state index contributed by atoms with van der Waals surface area (Å²) in [6.07, 6.45) is 0.957. The van der Waals surface area contributed by atoms with Crippen molar-refractivity contribution in [1.29, 1.82) is 0 Å². The number of aryl methyl sites for hydroxylation is 1. The van der Waals surface area contributed by atoms with Crippen molar-refractivity contribution in [2.75, 3.05) is 12.3 Å². The highest BCUT2D eigenvalue weighted by molar-refractivity contribution is 9.10. The number of aromatic carboxylic acids is 1. The predicted octanol–water partition coefficient (Wildman–Crippen LogP) is 3.92. The highest BCUT2D eigenvalue weighted by atomic mass is 79.9. The third-order valence-electron chi connectivity index (χ3n) is 3.48. The lowest BCUT2D eigenvalue weighted by atomic mass is 10.0. The fourth-order valence-corrected chi connectivity index (χ4v) is 2.72. The number of ether oxygens (including phenoxy) is 1. The second kappa shape index (κ2) is 7.61. The summed E-state index contributed by atoms with van der Waals surface area (Å²) in [5.74, 6) is 0.222. The van der Waals surface area contributed by atoms with Crippen LogP contribution in [0.2, 0.25) is 0 Å². The molecule has 2 aromatic rings. The van der Waals surface area contributed by atoms with Gasteiger partial charge in [0.2, 0.25) is 5.95 Å². The molecular formula is C17H20BrN3O3. The van der Waals surface area contributed by atoms with Crippen molar-refractivity contribution < 1.29 is 14.6 Å². The molecule has 0 aliphatic rings. The van der Waals surface area contributed by atoms with E-state index in [0.717, 1.165) is 10.9 Å². The average molecular weight is 394 g/mol. The number of carboxylic acid groups (broad SMARTS) is 1. The number of nitrogen functional groups attached to an aromatic ring is 1. The Morgan fingerprint density at radius 1 is 1.38 bits per heavy atom. The van der Waals surface area contributed by atoms with Crippen LogP contribution < -0.4 is 10.5 Å². The molecule has 1 heterocycles. The van der Waals surface area contributed by atoms with E-state index in [0.29, 0.717) is 35.2 Å². The van der Waals surface area contributed by atoms with E-state index >= 15 is 0 Å². The van der Waals surface area contributed by atoms with Gasteiger partial charge in [-0.25, -0.2) is 14.8 Å². The van der Waals surface area contributed by atoms with Crippen molar-refractivity contribution in [1.82, 2.24) is 9.97 Å². The van der Waals surface area contributed by atoms with E-state index in [1.807, 2.05) is 0 Å². The quantitative estimate of drug-likeness (QED) is 0.771. The summed E-state index contributed by atoms with van der Waals surface area (Å²) in [5, 5.41) is 9.43. The van der Waals surface area contributed by atoms with Gasteiger partial charge in [0.1, 0.15) is 11.3 Å². The minimum atomic E-state index is -1.09. The van der Waals surface area contributed by atoms with Crippen LogP contribution in [0.1, 0.15) is 36.3 Å². The van der Waals surface area contributed by atoms with Gasteiger partial charge in [-0.3, -0.25) is 0 Å². The second-order valence-corrected chi connectivity index (χ2v) is 6.73. The maximum Gasteiger partial charge on any atom is 0.339 e. The molecule has 3 N–H and O–H groups in total. The maximum absolute atomic E-state index is 11.5. The Balaban J connectivity index is 2.37. The number of carbonyl (C=O) groups is 1. The molecule has 0 atom stereocenters. The van der Waals surface area contributed by atoms with E-state index in [-0.39, 0.29) is 11.5 Å². The smallest absolute Gasteiger partial charge is 0.339 e. The van der Waals surface area contributed by atoms with Gasteiger partial charge in [-0.1, -0.05) is 13.8 Å². The minimum absolute atomic E-state index is 0.0425. The standard InChI is InChI=1S/C17H20BrN3O3/c1-9(2)6-7-24-13-5-4-11(8-12(13)18)15-14(16(22)23)10(3)20-17(19)21-15/h4-5,8-9H,6-7H2,1-3H3,(H,22,23)(H2,19,20,21). The van der Waals surface area contributed by atoms with Crippen molar-refractivity contribution in [2.24, 2.45) is 5.92 Å². The molecule has 0 saturated heterocycles.